The van der Waals surface area contributed by atoms with E-state index in [-0.39, 0.29) is 18.3 Å². The number of nitrogens with zero attached hydrogens (tertiary/aromatic N) is 3. The Bertz CT molecular complexity index is 734. The summed E-state index contributed by atoms with van der Waals surface area (Å²) in [6.07, 6.45) is 2.46. The van der Waals surface area contributed by atoms with Crippen molar-refractivity contribution in [2.24, 2.45) is 4.99 Å². The molecule has 0 unspecified atom stereocenters. The molecule has 1 heterocycles. The average Bonchev–Trinajstić information content (AvgIpc) is 2.70. The lowest BCUT2D eigenvalue weighted by molar-refractivity contribution is -0.128. The zero-order valence-electron chi connectivity index (χ0n) is 15.8. The number of benzene rings is 1. The maximum Gasteiger partial charge on any atom is 0.241 e. The minimum atomic E-state index is -0.271. The number of carbonyl (C=O) groups excluding carboxylic acids is 1. The second kappa shape index (κ2) is 10.9. The zero-order valence-corrected chi connectivity index (χ0v) is 15.8. The van der Waals surface area contributed by atoms with Crippen molar-refractivity contribution in [3.63, 3.8) is 0 Å². The van der Waals surface area contributed by atoms with Crippen LogP contribution in [0.5, 0.6) is 0 Å². The van der Waals surface area contributed by atoms with Crippen molar-refractivity contribution in [2.75, 3.05) is 26.7 Å². The molecule has 0 bridgehead atoms. The van der Waals surface area contributed by atoms with Crippen LogP contribution >= 0.6 is 0 Å². The number of nitrogens with one attached hydrogen (secondary N) is 2. The molecular formula is C20H26FN5O. The third kappa shape index (κ3) is 7.43. The first kappa shape index (κ1) is 20.4. The molecule has 2 aromatic rings. The zero-order chi connectivity index (χ0) is 19.5. The van der Waals surface area contributed by atoms with Gasteiger partial charge >= 0.3 is 0 Å². The van der Waals surface area contributed by atoms with Crippen LogP contribution < -0.4 is 10.6 Å². The maximum absolute atomic E-state index is 13.0. The Morgan fingerprint density at radius 1 is 1.19 bits per heavy atom. The number of rotatable bonds is 8. The van der Waals surface area contributed by atoms with Gasteiger partial charge in [0.05, 0.1) is 13.1 Å². The molecule has 7 heteroatoms. The first-order chi connectivity index (χ1) is 13.1. The summed E-state index contributed by atoms with van der Waals surface area (Å²) in [5.41, 5.74) is 1.85. The van der Waals surface area contributed by atoms with E-state index < -0.39 is 0 Å². The minimum absolute atomic E-state index is 0.0293. The van der Waals surface area contributed by atoms with Crippen molar-refractivity contribution in [1.29, 1.82) is 0 Å². The van der Waals surface area contributed by atoms with E-state index in [0.29, 0.717) is 32.0 Å². The number of hydrogen-bond donors (Lipinski definition) is 2. The fraction of sp³-hybridized carbons (Fsp3) is 0.350. The van der Waals surface area contributed by atoms with E-state index in [4.69, 9.17) is 0 Å². The molecule has 0 spiro atoms. The number of pyridine rings is 1. The molecule has 1 aromatic heterocycles. The van der Waals surface area contributed by atoms with Gasteiger partial charge < -0.3 is 15.5 Å². The Balaban J connectivity index is 1.81. The highest BCUT2D eigenvalue weighted by Gasteiger charge is 2.10. The van der Waals surface area contributed by atoms with Gasteiger partial charge in [-0.05, 0) is 36.8 Å². The Morgan fingerprint density at radius 3 is 2.63 bits per heavy atom. The third-order valence-electron chi connectivity index (χ3n) is 3.94. The molecule has 6 nitrogen and oxygen atoms in total. The number of halogens is 1. The SMILES string of the molecule is CCNC(=NCc1ccc(F)cc1)NCC(=O)N(C)CCc1ccccn1. The molecule has 0 saturated heterocycles. The highest BCUT2D eigenvalue weighted by molar-refractivity contribution is 5.86. The fourth-order valence-corrected chi connectivity index (χ4v) is 2.35. The van der Waals surface area contributed by atoms with Crippen LogP contribution in [0.4, 0.5) is 4.39 Å². The molecule has 0 radical (unpaired) electrons. The predicted molar refractivity (Wildman–Crippen MR) is 105 cm³/mol. The van der Waals surface area contributed by atoms with Crippen LogP contribution in [0.1, 0.15) is 18.2 Å². The van der Waals surface area contributed by atoms with E-state index in [2.05, 4.69) is 20.6 Å². The van der Waals surface area contributed by atoms with Crippen LogP contribution in [0.2, 0.25) is 0 Å². The number of hydrogen-bond acceptors (Lipinski definition) is 3. The molecule has 0 aliphatic heterocycles. The van der Waals surface area contributed by atoms with E-state index in [9.17, 15) is 9.18 Å². The standard InChI is InChI=1S/C20H26FN5O/c1-3-22-20(24-14-16-7-9-17(21)10-8-16)25-15-19(27)26(2)13-11-18-6-4-5-12-23-18/h4-10,12H,3,11,13-15H2,1-2H3,(H2,22,24,25). The number of aromatic nitrogens is 1. The number of aliphatic imine (C=N–C) groups is 1. The summed E-state index contributed by atoms with van der Waals surface area (Å²) < 4.78 is 13.0. The lowest BCUT2D eigenvalue weighted by Crippen LogP contribution is -2.44. The van der Waals surface area contributed by atoms with Gasteiger partial charge in [0.1, 0.15) is 5.82 Å². The van der Waals surface area contributed by atoms with Crippen LogP contribution in [0.3, 0.4) is 0 Å². The molecule has 0 atom stereocenters. The predicted octanol–water partition coefficient (Wildman–Crippen LogP) is 1.98. The third-order valence-corrected chi connectivity index (χ3v) is 3.94. The Kier molecular flexibility index (Phi) is 8.22. The number of amides is 1. The number of carbonyl (C=O) groups is 1. The van der Waals surface area contributed by atoms with Crippen LogP contribution in [0, 0.1) is 5.82 Å². The van der Waals surface area contributed by atoms with Crippen molar-refractivity contribution >= 4 is 11.9 Å². The van der Waals surface area contributed by atoms with Gasteiger partial charge in [-0.15, -0.1) is 0 Å². The summed E-state index contributed by atoms with van der Waals surface area (Å²) in [5.74, 6) is 0.249. The van der Waals surface area contributed by atoms with E-state index in [1.807, 2.05) is 25.1 Å². The lowest BCUT2D eigenvalue weighted by atomic mass is 10.2. The Labute approximate surface area is 159 Å². The van der Waals surface area contributed by atoms with E-state index in [0.717, 1.165) is 11.3 Å². The molecular weight excluding hydrogens is 345 g/mol. The van der Waals surface area contributed by atoms with Gasteiger partial charge in [0.25, 0.3) is 0 Å². The highest BCUT2D eigenvalue weighted by Crippen LogP contribution is 2.03. The Hall–Kier alpha value is -2.96. The van der Waals surface area contributed by atoms with Gasteiger partial charge in [-0.1, -0.05) is 18.2 Å². The van der Waals surface area contributed by atoms with Crippen LogP contribution in [0.15, 0.2) is 53.7 Å². The molecule has 2 N–H and O–H groups in total. The summed E-state index contributed by atoms with van der Waals surface area (Å²) in [4.78, 5) is 22.7. The normalized spacial score (nSPS) is 11.1. The summed E-state index contributed by atoms with van der Waals surface area (Å²) in [5, 5.41) is 6.14. The first-order valence-electron chi connectivity index (χ1n) is 8.99. The first-order valence-corrected chi connectivity index (χ1v) is 8.99. The molecule has 27 heavy (non-hydrogen) atoms. The topological polar surface area (TPSA) is 69.6 Å². The monoisotopic (exact) mass is 371 g/mol. The van der Waals surface area contributed by atoms with Gasteiger partial charge in [0.2, 0.25) is 5.91 Å². The van der Waals surface area contributed by atoms with Gasteiger partial charge in [-0.25, -0.2) is 9.38 Å². The highest BCUT2D eigenvalue weighted by atomic mass is 19.1. The quantitative estimate of drug-likeness (QED) is 0.550. The Morgan fingerprint density at radius 2 is 1.96 bits per heavy atom. The number of guanidine groups is 1. The van der Waals surface area contributed by atoms with Crippen molar-refractivity contribution in [3.8, 4) is 0 Å². The van der Waals surface area contributed by atoms with Crippen molar-refractivity contribution in [1.82, 2.24) is 20.5 Å². The van der Waals surface area contributed by atoms with Crippen molar-refractivity contribution < 1.29 is 9.18 Å². The van der Waals surface area contributed by atoms with Gasteiger partial charge in [-0.2, -0.15) is 0 Å². The van der Waals surface area contributed by atoms with Crippen LogP contribution in [0.25, 0.3) is 0 Å². The summed E-state index contributed by atoms with van der Waals surface area (Å²) >= 11 is 0. The molecule has 144 valence electrons. The molecule has 0 aliphatic carbocycles. The number of likely N-dealkylation sites (N-methyl/N-ethyl adjacent to an activating group) is 1. The molecule has 2 rings (SSSR count). The van der Waals surface area contributed by atoms with Gasteiger partial charge in [-0.3, -0.25) is 9.78 Å². The van der Waals surface area contributed by atoms with Gasteiger partial charge in [0.15, 0.2) is 5.96 Å². The molecule has 0 saturated carbocycles. The van der Waals surface area contributed by atoms with Crippen molar-refractivity contribution in [2.45, 2.75) is 19.9 Å². The smallest absolute Gasteiger partial charge is 0.241 e. The molecule has 0 aliphatic rings. The average molecular weight is 371 g/mol. The summed E-state index contributed by atoms with van der Waals surface area (Å²) in [7, 11) is 1.77. The molecule has 0 fully saturated rings. The van der Waals surface area contributed by atoms with Gasteiger partial charge in [0, 0.05) is 38.4 Å². The maximum atomic E-state index is 13.0. The fourth-order valence-electron chi connectivity index (χ4n) is 2.35. The van der Waals surface area contributed by atoms with E-state index in [1.165, 1.54) is 12.1 Å². The molecule has 1 aromatic carbocycles. The van der Waals surface area contributed by atoms with Crippen molar-refractivity contribution in [3.05, 3.63) is 65.7 Å². The van der Waals surface area contributed by atoms with Crippen LogP contribution in [-0.2, 0) is 17.8 Å². The second-order valence-electron chi connectivity index (χ2n) is 6.06. The second-order valence-corrected chi connectivity index (χ2v) is 6.06. The summed E-state index contributed by atoms with van der Waals surface area (Å²) in [6.45, 7) is 3.78. The molecule has 1 amide bonds. The van der Waals surface area contributed by atoms with E-state index in [1.54, 1.807) is 30.3 Å². The van der Waals surface area contributed by atoms with E-state index >= 15 is 0 Å². The largest absolute Gasteiger partial charge is 0.357 e. The summed E-state index contributed by atoms with van der Waals surface area (Å²) in [6, 6.07) is 12.0. The lowest BCUT2D eigenvalue weighted by Gasteiger charge is -2.18. The minimum Gasteiger partial charge on any atom is -0.357 e. The van der Waals surface area contributed by atoms with Crippen LogP contribution in [-0.4, -0.2) is 48.4 Å².